The number of aryl methyl sites for hydroxylation is 1. The van der Waals surface area contributed by atoms with Gasteiger partial charge in [-0.15, -0.1) is 0 Å². The maximum absolute atomic E-state index is 11.1. The summed E-state index contributed by atoms with van der Waals surface area (Å²) in [4.78, 5) is 11.1. The van der Waals surface area contributed by atoms with Crippen LogP contribution in [0, 0.1) is 6.92 Å². The van der Waals surface area contributed by atoms with Crippen LogP contribution >= 0.6 is 0 Å². The van der Waals surface area contributed by atoms with E-state index in [9.17, 15) is 4.79 Å². The van der Waals surface area contributed by atoms with Gasteiger partial charge in [0.25, 0.3) is 0 Å². The fourth-order valence-electron chi connectivity index (χ4n) is 1.79. The minimum atomic E-state index is -0.996. The van der Waals surface area contributed by atoms with E-state index in [-0.39, 0.29) is 5.56 Å². The first kappa shape index (κ1) is 12.9. The summed E-state index contributed by atoms with van der Waals surface area (Å²) in [5, 5.41) is 16.3. The Kier molecular flexibility index (Phi) is 3.70. The number of carboxylic acid groups (broad SMARTS) is 1. The van der Waals surface area contributed by atoms with Crippen LogP contribution in [-0.4, -0.2) is 27.4 Å². The summed E-state index contributed by atoms with van der Waals surface area (Å²) in [7, 11) is 0. The summed E-state index contributed by atoms with van der Waals surface area (Å²) in [5.74, 6) is -0.996. The molecule has 0 saturated heterocycles. The number of hydrogen-bond donors (Lipinski definition) is 3. The maximum atomic E-state index is 11.1. The lowest BCUT2D eigenvalue weighted by atomic mass is 10.1. The van der Waals surface area contributed by atoms with E-state index in [0.29, 0.717) is 24.5 Å². The molecule has 0 atom stereocenters. The topological polar surface area (TPSA) is 93.2 Å². The zero-order chi connectivity index (χ0) is 13.8. The van der Waals surface area contributed by atoms with Crippen molar-refractivity contribution >= 4 is 17.3 Å². The molecule has 6 heteroatoms. The molecule has 2 aromatic rings. The van der Waals surface area contributed by atoms with Crippen LogP contribution in [0.5, 0.6) is 0 Å². The Balaban J connectivity index is 2.01. The first-order chi connectivity index (χ1) is 9.06. The molecule has 0 amide bonds. The molecule has 2 rings (SSSR count). The molecule has 0 unspecified atom stereocenters. The monoisotopic (exact) mass is 260 g/mol. The molecular formula is C13H16N4O2. The number of nitrogens with two attached hydrogens (primary N) is 1. The number of benzene rings is 1. The van der Waals surface area contributed by atoms with Gasteiger partial charge in [-0.05, 0) is 30.7 Å². The van der Waals surface area contributed by atoms with E-state index in [2.05, 4.69) is 10.4 Å². The second-order valence-electron chi connectivity index (χ2n) is 4.32. The van der Waals surface area contributed by atoms with Gasteiger partial charge < -0.3 is 16.2 Å². The van der Waals surface area contributed by atoms with Gasteiger partial charge in [-0.2, -0.15) is 5.10 Å². The van der Waals surface area contributed by atoms with Gasteiger partial charge in [0.2, 0.25) is 0 Å². The smallest absolute Gasteiger partial charge is 0.337 e. The van der Waals surface area contributed by atoms with Crippen molar-refractivity contribution < 1.29 is 9.90 Å². The third-order valence-corrected chi connectivity index (χ3v) is 2.69. The minimum Gasteiger partial charge on any atom is -0.478 e. The number of carboxylic acids is 1. The highest BCUT2D eigenvalue weighted by molar-refractivity contribution is 5.95. The van der Waals surface area contributed by atoms with Crippen molar-refractivity contribution in [3.05, 3.63) is 41.7 Å². The average Bonchev–Trinajstić information content (AvgIpc) is 2.77. The van der Waals surface area contributed by atoms with Crippen LogP contribution in [-0.2, 0) is 6.54 Å². The van der Waals surface area contributed by atoms with Crippen molar-refractivity contribution in [2.24, 2.45) is 0 Å². The number of hydrogen-bond acceptors (Lipinski definition) is 4. The van der Waals surface area contributed by atoms with E-state index in [0.717, 1.165) is 5.56 Å². The summed E-state index contributed by atoms with van der Waals surface area (Å²) in [6.45, 7) is 3.22. The summed E-state index contributed by atoms with van der Waals surface area (Å²) in [5.41, 5.74) is 7.85. The molecule has 4 N–H and O–H groups in total. The van der Waals surface area contributed by atoms with Gasteiger partial charge in [-0.25, -0.2) is 4.79 Å². The molecule has 0 saturated carbocycles. The van der Waals surface area contributed by atoms with Crippen molar-refractivity contribution in [1.29, 1.82) is 0 Å². The molecule has 0 fully saturated rings. The van der Waals surface area contributed by atoms with E-state index in [1.807, 2.05) is 13.1 Å². The quantitative estimate of drug-likeness (QED) is 0.710. The number of nitrogens with zero attached hydrogens (tertiary/aromatic N) is 2. The van der Waals surface area contributed by atoms with Crippen LogP contribution in [0.3, 0.4) is 0 Å². The molecule has 19 heavy (non-hydrogen) atoms. The van der Waals surface area contributed by atoms with Crippen LogP contribution in [0.2, 0.25) is 0 Å². The number of nitrogens with one attached hydrogen (secondary N) is 1. The lowest BCUT2D eigenvalue weighted by molar-refractivity contribution is 0.0698. The molecule has 0 aliphatic rings. The minimum absolute atomic E-state index is 0.177. The zero-order valence-corrected chi connectivity index (χ0v) is 10.6. The van der Waals surface area contributed by atoms with Crippen LogP contribution in [0.15, 0.2) is 30.6 Å². The zero-order valence-electron chi connectivity index (χ0n) is 10.6. The predicted octanol–water partition coefficient (Wildman–Crippen LogP) is 1.58. The molecule has 0 radical (unpaired) electrons. The van der Waals surface area contributed by atoms with Gasteiger partial charge in [0, 0.05) is 24.1 Å². The Labute approximate surface area is 110 Å². The van der Waals surface area contributed by atoms with Gasteiger partial charge >= 0.3 is 5.97 Å². The summed E-state index contributed by atoms with van der Waals surface area (Å²) >= 11 is 0. The van der Waals surface area contributed by atoms with E-state index in [4.69, 9.17) is 10.8 Å². The number of aromatic carboxylic acids is 1. The molecule has 0 spiro atoms. The van der Waals surface area contributed by atoms with E-state index in [1.54, 1.807) is 23.0 Å². The Bertz CT molecular complexity index is 592. The van der Waals surface area contributed by atoms with E-state index >= 15 is 0 Å². The lowest BCUT2D eigenvalue weighted by Crippen LogP contribution is -2.13. The number of anilines is 2. The molecule has 100 valence electrons. The van der Waals surface area contributed by atoms with E-state index < -0.39 is 5.97 Å². The molecule has 0 bridgehead atoms. The average molecular weight is 260 g/mol. The van der Waals surface area contributed by atoms with E-state index in [1.165, 1.54) is 6.07 Å². The number of aromatic nitrogens is 2. The molecule has 0 aliphatic carbocycles. The second-order valence-corrected chi connectivity index (χ2v) is 4.32. The fraction of sp³-hybridized carbons (Fsp3) is 0.231. The number of rotatable bonds is 5. The van der Waals surface area contributed by atoms with Crippen molar-refractivity contribution in [1.82, 2.24) is 9.78 Å². The van der Waals surface area contributed by atoms with Crippen molar-refractivity contribution in [3.63, 3.8) is 0 Å². The Morgan fingerprint density at radius 3 is 2.95 bits per heavy atom. The number of carbonyl (C=O) groups is 1. The first-order valence-corrected chi connectivity index (χ1v) is 5.92. The van der Waals surface area contributed by atoms with Crippen LogP contribution < -0.4 is 11.1 Å². The Morgan fingerprint density at radius 1 is 1.53 bits per heavy atom. The summed E-state index contributed by atoms with van der Waals surface area (Å²) in [6.07, 6.45) is 3.72. The molecule has 1 aromatic heterocycles. The van der Waals surface area contributed by atoms with Gasteiger partial charge in [-0.1, -0.05) is 0 Å². The first-order valence-electron chi connectivity index (χ1n) is 5.92. The summed E-state index contributed by atoms with van der Waals surface area (Å²) < 4.78 is 1.81. The molecular weight excluding hydrogens is 244 g/mol. The largest absolute Gasteiger partial charge is 0.478 e. The molecule has 0 aliphatic heterocycles. The Hall–Kier alpha value is -2.50. The highest BCUT2D eigenvalue weighted by Gasteiger charge is 2.09. The van der Waals surface area contributed by atoms with Crippen LogP contribution in [0.4, 0.5) is 11.4 Å². The second kappa shape index (κ2) is 5.43. The standard InChI is InChI=1S/C13H16N4O2/c1-9-7-16-17(8-9)5-4-15-12-3-2-10(14)6-11(12)13(18)19/h2-3,6-8,15H,4-5,14H2,1H3,(H,18,19). The third kappa shape index (κ3) is 3.25. The van der Waals surface area contributed by atoms with Gasteiger partial charge in [0.15, 0.2) is 0 Å². The number of nitrogen functional groups attached to an aromatic ring is 1. The molecule has 1 aromatic carbocycles. The van der Waals surface area contributed by atoms with Gasteiger partial charge in [0.1, 0.15) is 0 Å². The van der Waals surface area contributed by atoms with Crippen molar-refractivity contribution in [3.8, 4) is 0 Å². The lowest BCUT2D eigenvalue weighted by Gasteiger charge is -2.10. The van der Waals surface area contributed by atoms with Gasteiger partial charge in [0.05, 0.1) is 18.3 Å². The highest BCUT2D eigenvalue weighted by atomic mass is 16.4. The maximum Gasteiger partial charge on any atom is 0.337 e. The molecule has 1 heterocycles. The fourth-order valence-corrected chi connectivity index (χ4v) is 1.79. The van der Waals surface area contributed by atoms with Crippen molar-refractivity contribution in [2.45, 2.75) is 13.5 Å². The van der Waals surface area contributed by atoms with Crippen LogP contribution in [0.25, 0.3) is 0 Å². The SMILES string of the molecule is Cc1cnn(CCNc2ccc(N)cc2C(=O)O)c1. The third-order valence-electron chi connectivity index (χ3n) is 2.69. The molecule has 6 nitrogen and oxygen atoms in total. The van der Waals surface area contributed by atoms with Crippen LogP contribution in [0.1, 0.15) is 15.9 Å². The highest BCUT2D eigenvalue weighted by Crippen LogP contribution is 2.18. The summed E-state index contributed by atoms with van der Waals surface area (Å²) in [6, 6.07) is 4.79. The van der Waals surface area contributed by atoms with Crippen molar-refractivity contribution in [2.75, 3.05) is 17.6 Å². The van der Waals surface area contributed by atoms with Gasteiger partial charge in [-0.3, -0.25) is 4.68 Å². The Morgan fingerprint density at radius 2 is 2.32 bits per heavy atom. The predicted molar refractivity (Wildman–Crippen MR) is 73.3 cm³/mol. The normalized spacial score (nSPS) is 10.4.